The average Bonchev–Trinajstić information content (AvgIpc) is 2.48. The fourth-order valence-corrected chi connectivity index (χ4v) is 3.23. The zero-order valence-electron chi connectivity index (χ0n) is 13.6. The van der Waals surface area contributed by atoms with Crippen LogP contribution in [0, 0.1) is 20.8 Å². The lowest BCUT2D eigenvalue weighted by atomic mass is 10.1. The first-order valence-corrected chi connectivity index (χ1v) is 8.84. The van der Waals surface area contributed by atoms with Crippen LogP contribution in [-0.2, 0) is 10.0 Å². The van der Waals surface area contributed by atoms with Gasteiger partial charge in [-0.1, -0.05) is 6.07 Å². The van der Waals surface area contributed by atoms with Crippen LogP contribution in [0.2, 0.25) is 0 Å². The number of rotatable bonds is 6. The minimum absolute atomic E-state index is 0.189. The summed E-state index contributed by atoms with van der Waals surface area (Å²) in [5.74, 6) is 0.786. The van der Waals surface area contributed by atoms with Gasteiger partial charge in [0.15, 0.2) is 0 Å². The minimum atomic E-state index is -3.54. The normalized spacial score (nSPS) is 11.4. The van der Waals surface area contributed by atoms with E-state index in [4.69, 9.17) is 10.5 Å². The third-order valence-corrected chi connectivity index (χ3v) is 5.08. The van der Waals surface area contributed by atoms with Crippen molar-refractivity contribution in [3.8, 4) is 5.75 Å². The summed E-state index contributed by atoms with van der Waals surface area (Å²) in [6.45, 7) is 6.47. The van der Waals surface area contributed by atoms with Crippen LogP contribution in [0.3, 0.4) is 0 Å². The molecule has 0 aromatic heterocycles. The van der Waals surface area contributed by atoms with Crippen molar-refractivity contribution in [3.05, 3.63) is 53.1 Å². The van der Waals surface area contributed by atoms with E-state index in [2.05, 4.69) is 10.8 Å². The predicted octanol–water partition coefficient (Wildman–Crippen LogP) is 2.55. The van der Waals surface area contributed by atoms with Crippen molar-refractivity contribution >= 4 is 15.7 Å². The Labute approximate surface area is 137 Å². The van der Waals surface area contributed by atoms with Gasteiger partial charge in [-0.25, -0.2) is 13.1 Å². The molecular formula is C17H22N2O3S. The summed E-state index contributed by atoms with van der Waals surface area (Å²) in [5, 5.41) is 0. The van der Waals surface area contributed by atoms with Gasteiger partial charge in [-0.05, 0) is 67.8 Å². The van der Waals surface area contributed by atoms with Gasteiger partial charge in [-0.3, -0.25) is 0 Å². The highest BCUT2D eigenvalue weighted by molar-refractivity contribution is 7.89. The zero-order chi connectivity index (χ0) is 17.0. The molecule has 0 aliphatic heterocycles. The number of nitrogens with one attached hydrogen (secondary N) is 1. The molecular weight excluding hydrogens is 312 g/mol. The van der Waals surface area contributed by atoms with Crippen LogP contribution in [0.15, 0.2) is 41.3 Å². The zero-order valence-corrected chi connectivity index (χ0v) is 14.4. The Morgan fingerprint density at radius 1 is 1.09 bits per heavy atom. The van der Waals surface area contributed by atoms with Crippen LogP contribution in [0.4, 0.5) is 5.69 Å². The summed E-state index contributed by atoms with van der Waals surface area (Å²) in [4.78, 5) is 0.189. The Bertz CT molecular complexity index is 784. The van der Waals surface area contributed by atoms with Crippen molar-refractivity contribution in [2.24, 2.45) is 0 Å². The van der Waals surface area contributed by atoms with E-state index in [0.717, 1.165) is 22.4 Å². The molecule has 2 aromatic rings. The van der Waals surface area contributed by atoms with Gasteiger partial charge in [0, 0.05) is 12.2 Å². The van der Waals surface area contributed by atoms with Crippen molar-refractivity contribution in [2.75, 3.05) is 18.9 Å². The lowest BCUT2D eigenvalue weighted by molar-refractivity contribution is 0.320. The van der Waals surface area contributed by atoms with Gasteiger partial charge in [0.2, 0.25) is 10.0 Å². The molecule has 0 bridgehead atoms. The molecule has 6 heteroatoms. The topological polar surface area (TPSA) is 81.4 Å². The molecule has 2 rings (SSSR count). The van der Waals surface area contributed by atoms with Gasteiger partial charge in [0.1, 0.15) is 12.4 Å². The van der Waals surface area contributed by atoms with Gasteiger partial charge in [0.25, 0.3) is 0 Å². The lowest BCUT2D eigenvalue weighted by Gasteiger charge is -2.13. The summed E-state index contributed by atoms with van der Waals surface area (Å²) in [6.07, 6.45) is 0. The van der Waals surface area contributed by atoms with Gasteiger partial charge in [-0.2, -0.15) is 0 Å². The first-order valence-electron chi connectivity index (χ1n) is 7.35. The summed E-state index contributed by atoms with van der Waals surface area (Å²) in [6, 6.07) is 10.1. The molecule has 124 valence electrons. The maximum absolute atomic E-state index is 12.1. The molecule has 23 heavy (non-hydrogen) atoms. The number of aryl methyl sites for hydroxylation is 2. The maximum atomic E-state index is 12.1. The molecule has 0 unspecified atom stereocenters. The fraction of sp³-hybridized carbons (Fsp3) is 0.294. The number of benzene rings is 2. The molecule has 0 aliphatic carbocycles. The van der Waals surface area contributed by atoms with Crippen molar-refractivity contribution < 1.29 is 13.2 Å². The largest absolute Gasteiger partial charge is 0.492 e. The SMILES string of the molecule is Cc1cc(C)c(C)c(OCCNS(=O)(=O)c2ccc(N)cc2)c1. The van der Waals surface area contributed by atoms with E-state index in [0.29, 0.717) is 5.69 Å². The Hall–Kier alpha value is -2.05. The van der Waals surface area contributed by atoms with Crippen molar-refractivity contribution in [1.29, 1.82) is 0 Å². The van der Waals surface area contributed by atoms with E-state index in [1.54, 1.807) is 12.1 Å². The molecule has 0 aliphatic rings. The monoisotopic (exact) mass is 334 g/mol. The average molecular weight is 334 g/mol. The van der Waals surface area contributed by atoms with E-state index in [1.165, 1.54) is 12.1 Å². The molecule has 0 spiro atoms. The fourth-order valence-electron chi connectivity index (χ4n) is 2.22. The molecule has 2 aromatic carbocycles. The smallest absolute Gasteiger partial charge is 0.240 e. The maximum Gasteiger partial charge on any atom is 0.240 e. The number of ether oxygens (including phenoxy) is 1. The number of hydrogen-bond acceptors (Lipinski definition) is 4. The van der Waals surface area contributed by atoms with Crippen LogP contribution < -0.4 is 15.2 Å². The van der Waals surface area contributed by atoms with Crippen LogP contribution in [-0.4, -0.2) is 21.6 Å². The van der Waals surface area contributed by atoms with E-state index in [9.17, 15) is 8.42 Å². The quantitative estimate of drug-likeness (QED) is 0.628. The number of anilines is 1. The third-order valence-electron chi connectivity index (χ3n) is 3.61. The number of hydrogen-bond donors (Lipinski definition) is 2. The Kier molecular flexibility index (Phi) is 5.28. The van der Waals surface area contributed by atoms with Crippen LogP contribution >= 0.6 is 0 Å². The van der Waals surface area contributed by atoms with Crippen LogP contribution in [0.1, 0.15) is 16.7 Å². The predicted molar refractivity (Wildman–Crippen MR) is 92.2 cm³/mol. The van der Waals surface area contributed by atoms with E-state index >= 15 is 0 Å². The molecule has 0 radical (unpaired) electrons. The summed E-state index contributed by atoms with van der Waals surface area (Å²) < 4.78 is 32.5. The first kappa shape index (κ1) is 17.3. The van der Waals surface area contributed by atoms with Gasteiger partial charge in [-0.15, -0.1) is 0 Å². The second-order valence-electron chi connectivity index (χ2n) is 5.52. The summed E-state index contributed by atoms with van der Waals surface area (Å²) in [7, 11) is -3.54. The number of nitrogens with two attached hydrogens (primary N) is 1. The molecule has 0 fully saturated rings. The standard InChI is InChI=1S/C17H22N2O3S/c1-12-10-13(2)14(3)17(11-12)22-9-8-19-23(20,21)16-6-4-15(18)5-7-16/h4-7,10-11,19H,8-9,18H2,1-3H3. The van der Waals surface area contributed by atoms with Gasteiger partial charge < -0.3 is 10.5 Å². The van der Waals surface area contributed by atoms with Crippen molar-refractivity contribution in [3.63, 3.8) is 0 Å². The third kappa shape index (κ3) is 4.46. The lowest BCUT2D eigenvalue weighted by Crippen LogP contribution is -2.28. The highest BCUT2D eigenvalue weighted by atomic mass is 32.2. The van der Waals surface area contributed by atoms with Crippen LogP contribution in [0.25, 0.3) is 0 Å². The molecule has 5 nitrogen and oxygen atoms in total. The van der Waals surface area contributed by atoms with Crippen molar-refractivity contribution in [2.45, 2.75) is 25.7 Å². The second kappa shape index (κ2) is 7.02. The van der Waals surface area contributed by atoms with E-state index in [-0.39, 0.29) is 18.0 Å². The molecule has 0 saturated carbocycles. The molecule has 0 atom stereocenters. The summed E-state index contributed by atoms with van der Waals surface area (Å²) in [5.41, 5.74) is 9.42. The molecule has 3 N–H and O–H groups in total. The number of nitrogen functional groups attached to an aromatic ring is 1. The first-order chi connectivity index (χ1) is 10.8. The molecule has 0 amide bonds. The van der Waals surface area contributed by atoms with E-state index in [1.807, 2.05) is 26.8 Å². The Balaban J connectivity index is 1.94. The second-order valence-corrected chi connectivity index (χ2v) is 7.29. The highest BCUT2D eigenvalue weighted by Gasteiger charge is 2.13. The highest BCUT2D eigenvalue weighted by Crippen LogP contribution is 2.23. The number of sulfonamides is 1. The molecule has 0 heterocycles. The minimum Gasteiger partial charge on any atom is -0.492 e. The summed E-state index contributed by atoms with van der Waals surface area (Å²) >= 11 is 0. The van der Waals surface area contributed by atoms with Crippen LogP contribution in [0.5, 0.6) is 5.75 Å². The molecule has 0 saturated heterocycles. The Morgan fingerprint density at radius 3 is 2.39 bits per heavy atom. The van der Waals surface area contributed by atoms with Crippen molar-refractivity contribution in [1.82, 2.24) is 4.72 Å². The van der Waals surface area contributed by atoms with E-state index < -0.39 is 10.0 Å². The Morgan fingerprint density at radius 2 is 1.74 bits per heavy atom. The van der Waals surface area contributed by atoms with Gasteiger partial charge >= 0.3 is 0 Å². The van der Waals surface area contributed by atoms with Gasteiger partial charge in [0.05, 0.1) is 4.90 Å².